The summed E-state index contributed by atoms with van der Waals surface area (Å²) in [4.78, 5) is 2.18. The van der Waals surface area contributed by atoms with Crippen LogP contribution in [-0.4, -0.2) is 43.1 Å². The van der Waals surface area contributed by atoms with Gasteiger partial charge in [0.15, 0.2) is 12.4 Å². The van der Waals surface area contributed by atoms with Crippen molar-refractivity contribution < 1.29 is 4.57 Å². The predicted molar refractivity (Wildman–Crippen MR) is 179 cm³/mol. The average molecular weight is 570 g/mol. The molecule has 4 rings (SSSR count). The van der Waals surface area contributed by atoms with Crippen LogP contribution in [0.5, 0.6) is 0 Å². The van der Waals surface area contributed by atoms with E-state index in [0.717, 1.165) is 31.1 Å². The van der Waals surface area contributed by atoms with Crippen molar-refractivity contribution in [3.63, 3.8) is 0 Å². The quantitative estimate of drug-likeness (QED) is 0.125. The number of hydrogen-bond donors (Lipinski definition) is 2. The van der Waals surface area contributed by atoms with Crippen molar-refractivity contribution in [2.24, 2.45) is 7.05 Å². The van der Waals surface area contributed by atoms with Gasteiger partial charge in [-0.1, -0.05) is 64.1 Å². The van der Waals surface area contributed by atoms with Crippen molar-refractivity contribution in [3.8, 4) is 0 Å². The number of allylic oxidation sites excluding steroid dienone is 4. The average Bonchev–Trinajstić information content (AvgIpc) is 2.97. The topological polar surface area (TPSA) is 31.2 Å². The smallest absolute Gasteiger partial charge is 0.169 e. The molecule has 0 unspecified atom stereocenters. The van der Waals surface area contributed by atoms with E-state index in [1.54, 1.807) is 0 Å². The van der Waals surface area contributed by atoms with Crippen LogP contribution in [0.15, 0.2) is 103 Å². The molecule has 6 heteroatoms. The highest BCUT2D eigenvalue weighted by Crippen LogP contribution is 2.23. The molecule has 2 aromatic carbocycles. The van der Waals surface area contributed by atoms with Gasteiger partial charge < -0.3 is 15.5 Å². The Labute approximate surface area is 248 Å². The van der Waals surface area contributed by atoms with E-state index in [-0.39, 0.29) is 0 Å². The molecule has 0 saturated carbocycles. The van der Waals surface area contributed by atoms with Crippen molar-refractivity contribution in [2.75, 3.05) is 48.8 Å². The molecule has 0 spiro atoms. The summed E-state index contributed by atoms with van der Waals surface area (Å²) in [5, 5.41) is 7.07. The van der Waals surface area contributed by atoms with E-state index in [0.29, 0.717) is 0 Å². The molecule has 3 aromatic rings. The van der Waals surface area contributed by atoms with E-state index in [9.17, 15) is 0 Å². The number of aryl methyl sites for hydroxylation is 1. The van der Waals surface area contributed by atoms with Gasteiger partial charge >= 0.3 is 0 Å². The maximum atomic E-state index is 3.54. The third kappa shape index (κ3) is 9.68. The highest BCUT2D eigenvalue weighted by molar-refractivity contribution is 8.76. The highest BCUT2D eigenvalue weighted by atomic mass is 33.1. The Balaban J connectivity index is 1.08. The van der Waals surface area contributed by atoms with Gasteiger partial charge in [0, 0.05) is 61.7 Å². The summed E-state index contributed by atoms with van der Waals surface area (Å²) in [5.74, 6) is 2.14. The number of nitrogens with zero attached hydrogens (tertiary/aromatic N) is 2. The lowest BCUT2D eigenvalue weighted by Gasteiger charge is -2.17. The molecule has 0 saturated heterocycles. The zero-order chi connectivity index (χ0) is 28.2. The van der Waals surface area contributed by atoms with E-state index in [1.807, 2.05) is 28.6 Å². The van der Waals surface area contributed by atoms with Gasteiger partial charge in [0.2, 0.25) is 0 Å². The zero-order valence-corrected chi connectivity index (χ0v) is 25.7. The standard InChI is InChI=1S/C34H40N4S2/c1-27(31-13-19-37(3)20-14-31)25-29-5-9-33(10-6-29)35-17-23-39-40-24-18-36-34-11-7-30(8-12-34)26-28(2)32-15-21-38(4)22-16-32/h5-16,19-21,25-26,36H,17-18,22-24H2,1-4H3/p+1/b28-26+. The molecule has 0 aliphatic carbocycles. The summed E-state index contributed by atoms with van der Waals surface area (Å²) in [6.45, 7) is 7.22. The van der Waals surface area contributed by atoms with E-state index in [2.05, 4.69) is 145 Å². The molecule has 1 aliphatic rings. The minimum atomic E-state index is 0.956. The van der Waals surface area contributed by atoms with Crippen LogP contribution in [0.4, 0.5) is 11.4 Å². The number of pyridine rings is 1. The summed E-state index contributed by atoms with van der Waals surface area (Å²) in [6, 6.07) is 21.7. The van der Waals surface area contributed by atoms with Crippen LogP contribution in [0.25, 0.3) is 17.7 Å². The van der Waals surface area contributed by atoms with E-state index >= 15 is 0 Å². The fourth-order valence-electron chi connectivity index (χ4n) is 4.29. The summed E-state index contributed by atoms with van der Waals surface area (Å²) in [5.41, 5.74) is 9.91. The molecule has 0 amide bonds. The van der Waals surface area contributed by atoms with Gasteiger partial charge in [-0.25, -0.2) is 4.57 Å². The number of aromatic nitrogens is 1. The van der Waals surface area contributed by atoms with Crippen molar-refractivity contribution in [3.05, 3.63) is 119 Å². The van der Waals surface area contributed by atoms with E-state index in [4.69, 9.17) is 0 Å². The summed E-state index contributed by atoms with van der Waals surface area (Å²) in [6.07, 6.45) is 15.2. The van der Waals surface area contributed by atoms with Gasteiger partial charge in [-0.15, -0.1) is 0 Å². The lowest BCUT2D eigenvalue weighted by Crippen LogP contribution is -2.25. The number of nitrogens with one attached hydrogen (secondary N) is 2. The van der Waals surface area contributed by atoms with E-state index < -0.39 is 0 Å². The number of rotatable bonds is 13. The second-order valence-electron chi connectivity index (χ2n) is 10.1. The Morgan fingerprint density at radius 3 is 1.82 bits per heavy atom. The van der Waals surface area contributed by atoms with Crippen LogP contribution < -0.4 is 15.2 Å². The van der Waals surface area contributed by atoms with Crippen LogP contribution >= 0.6 is 21.6 Å². The number of benzene rings is 2. The molecule has 0 radical (unpaired) electrons. The molecule has 40 heavy (non-hydrogen) atoms. The van der Waals surface area contributed by atoms with Gasteiger partial charge in [-0.05, 0) is 83.8 Å². The summed E-state index contributed by atoms with van der Waals surface area (Å²) < 4.78 is 2.05. The first-order chi connectivity index (χ1) is 19.5. The summed E-state index contributed by atoms with van der Waals surface area (Å²) in [7, 11) is 7.98. The minimum Gasteiger partial charge on any atom is -0.384 e. The zero-order valence-electron chi connectivity index (χ0n) is 24.1. The Bertz CT molecular complexity index is 1340. The largest absolute Gasteiger partial charge is 0.384 e. The maximum Gasteiger partial charge on any atom is 0.169 e. The van der Waals surface area contributed by atoms with Crippen molar-refractivity contribution in [1.29, 1.82) is 0 Å². The second kappa shape index (κ2) is 15.4. The second-order valence-corrected chi connectivity index (χ2v) is 12.8. The number of anilines is 2. The van der Waals surface area contributed by atoms with Crippen LogP contribution in [0.1, 0.15) is 30.5 Å². The molecule has 0 fully saturated rings. The molecule has 2 heterocycles. The van der Waals surface area contributed by atoms with Gasteiger partial charge in [-0.2, -0.15) is 0 Å². The monoisotopic (exact) mass is 569 g/mol. The number of hydrogen-bond acceptors (Lipinski definition) is 5. The van der Waals surface area contributed by atoms with Crippen LogP contribution in [0.2, 0.25) is 0 Å². The Hall–Kier alpha value is -3.35. The first-order valence-corrected chi connectivity index (χ1v) is 16.3. The molecule has 4 nitrogen and oxygen atoms in total. The molecule has 0 atom stereocenters. The maximum absolute atomic E-state index is 3.54. The first kappa shape index (κ1) is 29.6. The fourth-order valence-corrected chi connectivity index (χ4v) is 6.10. The number of likely N-dealkylation sites (N-methyl/N-ethyl adjacent to an activating group) is 1. The predicted octanol–water partition coefficient (Wildman–Crippen LogP) is 7.77. The molecule has 1 aromatic heterocycles. The fraction of sp³-hybridized carbons (Fsp3) is 0.265. The van der Waals surface area contributed by atoms with Gasteiger partial charge in [0.25, 0.3) is 0 Å². The Morgan fingerprint density at radius 2 is 1.32 bits per heavy atom. The Morgan fingerprint density at radius 1 is 0.800 bits per heavy atom. The van der Waals surface area contributed by atoms with Crippen molar-refractivity contribution in [1.82, 2.24) is 4.90 Å². The third-order valence-electron chi connectivity index (χ3n) is 6.70. The molecule has 208 valence electrons. The van der Waals surface area contributed by atoms with Gasteiger partial charge in [0.05, 0.1) is 0 Å². The minimum absolute atomic E-state index is 0.956. The Kier molecular flexibility index (Phi) is 11.4. The highest BCUT2D eigenvalue weighted by Gasteiger charge is 2.03. The van der Waals surface area contributed by atoms with Crippen LogP contribution in [0, 0.1) is 0 Å². The van der Waals surface area contributed by atoms with Gasteiger partial charge in [0.1, 0.15) is 7.05 Å². The summed E-state index contributed by atoms with van der Waals surface area (Å²) >= 11 is 0. The molecule has 0 bridgehead atoms. The van der Waals surface area contributed by atoms with Crippen molar-refractivity contribution >= 4 is 50.7 Å². The molecule has 2 N–H and O–H groups in total. The SMILES string of the molecule is C/C(=C\c1ccc(NCCSSCCNc2ccc(/C=C(\C)c3cc[n+](C)cc3)cc2)cc1)C1=CCN(C)C=C1. The van der Waals surface area contributed by atoms with Gasteiger partial charge in [-0.3, -0.25) is 0 Å². The molecular formula is C34H41N4S2+. The molecular weight excluding hydrogens is 529 g/mol. The van der Waals surface area contributed by atoms with Crippen molar-refractivity contribution in [2.45, 2.75) is 13.8 Å². The van der Waals surface area contributed by atoms with Crippen LogP contribution in [-0.2, 0) is 7.05 Å². The lowest BCUT2D eigenvalue weighted by atomic mass is 10.0. The van der Waals surface area contributed by atoms with Crippen LogP contribution in [0.3, 0.4) is 0 Å². The van der Waals surface area contributed by atoms with E-state index in [1.165, 1.54) is 44.8 Å². The molecule has 1 aliphatic heterocycles. The lowest BCUT2D eigenvalue weighted by molar-refractivity contribution is -0.671. The third-order valence-corrected chi connectivity index (χ3v) is 9.11. The normalized spacial score (nSPS) is 13.8. The first-order valence-electron chi connectivity index (χ1n) is 13.8.